The first-order chi connectivity index (χ1) is 13.1. The molecule has 0 aliphatic heterocycles. The number of aromatic nitrogens is 3. The Morgan fingerprint density at radius 2 is 1.67 bits per heavy atom. The van der Waals surface area contributed by atoms with E-state index in [1.807, 2.05) is 42.6 Å². The monoisotopic (exact) mass is 358 g/mol. The number of benzene rings is 2. The average Bonchev–Trinajstić information content (AvgIpc) is 3.09. The van der Waals surface area contributed by atoms with Crippen LogP contribution in [0, 0.1) is 0 Å². The summed E-state index contributed by atoms with van der Waals surface area (Å²) in [7, 11) is 1.67. The van der Waals surface area contributed by atoms with Crippen LogP contribution < -0.4 is 10.1 Å². The van der Waals surface area contributed by atoms with Gasteiger partial charge in [0.05, 0.1) is 23.8 Å². The highest BCUT2D eigenvalue weighted by Crippen LogP contribution is 2.26. The van der Waals surface area contributed by atoms with Gasteiger partial charge in [-0.2, -0.15) is 0 Å². The Bertz CT molecular complexity index is 1050. The fourth-order valence-corrected chi connectivity index (χ4v) is 3.03. The summed E-state index contributed by atoms with van der Waals surface area (Å²) in [5.74, 6) is 1.64. The van der Waals surface area contributed by atoms with E-state index in [2.05, 4.69) is 52.3 Å². The van der Waals surface area contributed by atoms with E-state index in [9.17, 15) is 0 Å². The van der Waals surface area contributed by atoms with Crippen molar-refractivity contribution in [3.8, 4) is 28.1 Å². The van der Waals surface area contributed by atoms with E-state index in [-0.39, 0.29) is 0 Å². The van der Waals surface area contributed by atoms with Crippen molar-refractivity contribution in [2.45, 2.75) is 19.9 Å². The van der Waals surface area contributed by atoms with Gasteiger partial charge in [0.15, 0.2) is 0 Å². The molecule has 2 aromatic heterocycles. The molecular weight excluding hydrogens is 336 g/mol. The third kappa shape index (κ3) is 3.62. The maximum absolute atomic E-state index is 5.21. The number of imidazole rings is 1. The van der Waals surface area contributed by atoms with Gasteiger partial charge in [0.25, 0.3) is 0 Å². The first-order valence-corrected chi connectivity index (χ1v) is 8.99. The Hall–Kier alpha value is -3.34. The highest BCUT2D eigenvalue weighted by atomic mass is 16.5. The van der Waals surface area contributed by atoms with Gasteiger partial charge in [0, 0.05) is 23.4 Å². The molecule has 2 heterocycles. The number of pyridine rings is 1. The molecule has 2 aromatic carbocycles. The van der Waals surface area contributed by atoms with Gasteiger partial charge < -0.3 is 15.0 Å². The number of nitrogens with zero attached hydrogens (tertiary/aromatic N) is 2. The number of anilines is 1. The van der Waals surface area contributed by atoms with Gasteiger partial charge >= 0.3 is 0 Å². The van der Waals surface area contributed by atoms with Crippen LogP contribution in [0.15, 0.2) is 60.8 Å². The maximum Gasteiger partial charge on any atom is 0.201 e. The Balaban J connectivity index is 1.60. The molecule has 0 radical (unpaired) electrons. The summed E-state index contributed by atoms with van der Waals surface area (Å²) in [5, 5.41) is 3.30. The fraction of sp³-hybridized carbons (Fsp3) is 0.182. The van der Waals surface area contributed by atoms with E-state index >= 15 is 0 Å². The second-order valence-corrected chi connectivity index (χ2v) is 6.78. The van der Waals surface area contributed by atoms with Crippen molar-refractivity contribution in [3.63, 3.8) is 0 Å². The number of hydrogen-bond donors (Lipinski definition) is 2. The quantitative estimate of drug-likeness (QED) is 0.520. The first-order valence-electron chi connectivity index (χ1n) is 8.99. The van der Waals surface area contributed by atoms with Crippen molar-refractivity contribution in [3.05, 3.63) is 60.8 Å². The van der Waals surface area contributed by atoms with Crippen molar-refractivity contribution >= 4 is 17.0 Å². The molecule has 0 atom stereocenters. The summed E-state index contributed by atoms with van der Waals surface area (Å²) >= 11 is 0. The molecule has 0 bridgehead atoms. The second-order valence-electron chi connectivity index (χ2n) is 6.78. The summed E-state index contributed by atoms with van der Waals surface area (Å²) < 4.78 is 5.21. The number of ether oxygens (including phenoxy) is 1. The summed E-state index contributed by atoms with van der Waals surface area (Å²) in [6.07, 6.45) is 1.90. The molecule has 0 aliphatic carbocycles. The number of hydrogen-bond acceptors (Lipinski definition) is 4. The number of methoxy groups -OCH3 is 1. The number of H-pyrrole nitrogens is 1. The van der Waals surface area contributed by atoms with E-state index < -0.39 is 0 Å². The van der Waals surface area contributed by atoms with Crippen LogP contribution in [0.4, 0.5) is 5.95 Å². The molecule has 27 heavy (non-hydrogen) atoms. The molecule has 0 amide bonds. The van der Waals surface area contributed by atoms with Crippen molar-refractivity contribution in [2.75, 3.05) is 12.4 Å². The zero-order valence-electron chi connectivity index (χ0n) is 15.7. The predicted molar refractivity (Wildman–Crippen MR) is 110 cm³/mol. The maximum atomic E-state index is 5.21. The topological polar surface area (TPSA) is 62.8 Å². The molecule has 4 aromatic rings. The molecule has 0 fully saturated rings. The third-order valence-corrected chi connectivity index (χ3v) is 4.39. The molecule has 0 saturated carbocycles. The van der Waals surface area contributed by atoms with E-state index in [1.54, 1.807) is 7.11 Å². The summed E-state index contributed by atoms with van der Waals surface area (Å²) in [5.41, 5.74) is 6.10. The van der Waals surface area contributed by atoms with Crippen molar-refractivity contribution in [2.24, 2.45) is 0 Å². The molecule has 5 nitrogen and oxygen atoms in total. The summed E-state index contributed by atoms with van der Waals surface area (Å²) in [6, 6.07) is 18.6. The first kappa shape index (κ1) is 17.1. The predicted octanol–water partition coefficient (Wildman–Crippen LogP) is 5.12. The molecule has 0 saturated heterocycles. The fourth-order valence-electron chi connectivity index (χ4n) is 3.03. The largest absolute Gasteiger partial charge is 0.497 e. The van der Waals surface area contributed by atoms with E-state index in [4.69, 9.17) is 4.74 Å². The molecule has 136 valence electrons. The van der Waals surface area contributed by atoms with E-state index in [0.717, 1.165) is 45.1 Å². The number of rotatable bonds is 5. The van der Waals surface area contributed by atoms with Gasteiger partial charge in [-0.3, -0.25) is 4.98 Å². The molecule has 0 spiro atoms. The standard InChI is InChI=1S/C22H22N4O/c1-14(2)24-22-25-20-11-6-16(12-21(20)26-22)19-10-7-17(13-23-19)15-4-8-18(27-3)9-5-15/h4-14H,1-3H3,(H2,24,25,26). The normalized spacial score (nSPS) is 11.1. The summed E-state index contributed by atoms with van der Waals surface area (Å²) in [4.78, 5) is 12.6. The van der Waals surface area contributed by atoms with Crippen LogP contribution >= 0.6 is 0 Å². The van der Waals surface area contributed by atoms with Gasteiger partial charge in [-0.05, 0) is 49.7 Å². The van der Waals surface area contributed by atoms with Crippen LogP contribution in [-0.4, -0.2) is 28.1 Å². The van der Waals surface area contributed by atoms with Gasteiger partial charge in [-0.1, -0.05) is 24.3 Å². The average molecular weight is 358 g/mol. The SMILES string of the molecule is COc1ccc(-c2ccc(-c3ccc4[nH]c(NC(C)C)nc4c3)nc2)cc1. The Kier molecular flexibility index (Phi) is 4.50. The van der Waals surface area contributed by atoms with Crippen molar-refractivity contribution in [1.82, 2.24) is 15.0 Å². The molecule has 0 unspecified atom stereocenters. The summed E-state index contributed by atoms with van der Waals surface area (Å²) in [6.45, 7) is 4.18. The Morgan fingerprint density at radius 1 is 0.926 bits per heavy atom. The number of nitrogens with one attached hydrogen (secondary N) is 2. The second kappa shape index (κ2) is 7.11. The Morgan fingerprint density at radius 3 is 2.33 bits per heavy atom. The zero-order chi connectivity index (χ0) is 18.8. The van der Waals surface area contributed by atoms with Crippen molar-refractivity contribution < 1.29 is 4.74 Å². The number of aromatic amines is 1. The smallest absolute Gasteiger partial charge is 0.201 e. The zero-order valence-corrected chi connectivity index (χ0v) is 15.7. The minimum absolute atomic E-state index is 0.331. The molecule has 2 N–H and O–H groups in total. The lowest BCUT2D eigenvalue weighted by Crippen LogP contribution is -2.10. The van der Waals surface area contributed by atoms with Crippen LogP contribution in [0.2, 0.25) is 0 Å². The highest BCUT2D eigenvalue weighted by molar-refractivity contribution is 5.83. The minimum atomic E-state index is 0.331. The molecule has 5 heteroatoms. The lowest BCUT2D eigenvalue weighted by Gasteiger charge is -2.05. The van der Waals surface area contributed by atoms with Crippen LogP contribution in [0.5, 0.6) is 5.75 Å². The highest BCUT2D eigenvalue weighted by Gasteiger charge is 2.07. The molecule has 0 aliphatic rings. The molecule has 4 rings (SSSR count). The van der Waals surface area contributed by atoms with Crippen LogP contribution in [0.1, 0.15) is 13.8 Å². The van der Waals surface area contributed by atoms with E-state index in [1.165, 1.54) is 0 Å². The Labute approximate surface area is 158 Å². The van der Waals surface area contributed by atoms with Gasteiger partial charge in [0.1, 0.15) is 5.75 Å². The van der Waals surface area contributed by atoms with Gasteiger partial charge in [0.2, 0.25) is 5.95 Å². The van der Waals surface area contributed by atoms with Crippen LogP contribution in [0.25, 0.3) is 33.4 Å². The third-order valence-electron chi connectivity index (χ3n) is 4.39. The van der Waals surface area contributed by atoms with Gasteiger partial charge in [-0.25, -0.2) is 4.98 Å². The van der Waals surface area contributed by atoms with E-state index in [0.29, 0.717) is 6.04 Å². The van der Waals surface area contributed by atoms with Crippen LogP contribution in [0.3, 0.4) is 0 Å². The lowest BCUT2D eigenvalue weighted by atomic mass is 10.1. The lowest BCUT2D eigenvalue weighted by molar-refractivity contribution is 0.415. The van der Waals surface area contributed by atoms with Gasteiger partial charge in [-0.15, -0.1) is 0 Å². The molecular formula is C22H22N4O. The van der Waals surface area contributed by atoms with Crippen molar-refractivity contribution in [1.29, 1.82) is 0 Å². The number of fused-ring (bicyclic) bond motifs is 1. The minimum Gasteiger partial charge on any atom is -0.497 e. The van der Waals surface area contributed by atoms with Crippen LogP contribution in [-0.2, 0) is 0 Å².